The van der Waals surface area contributed by atoms with E-state index in [0.717, 1.165) is 12.8 Å². The molecule has 0 heterocycles. The Morgan fingerprint density at radius 2 is 1.92 bits per heavy atom. The van der Waals surface area contributed by atoms with Crippen LogP contribution in [0.2, 0.25) is 0 Å². The van der Waals surface area contributed by atoms with Crippen molar-refractivity contribution in [3.63, 3.8) is 0 Å². The van der Waals surface area contributed by atoms with E-state index in [-0.39, 0.29) is 30.2 Å². The van der Waals surface area contributed by atoms with Gasteiger partial charge in [0.15, 0.2) is 0 Å². The van der Waals surface area contributed by atoms with E-state index in [1.807, 2.05) is 6.92 Å². The predicted molar refractivity (Wildman–Crippen MR) is 99.8 cm³/mol. The Kier molecular flexibility index (Phi) is 10.1. The van der Waals surface area contributed by atoms with Crippen LogP contribution in [0, 0.1) is 0 Å². The van der Waals surface area contributed by atoms with E-state index >= 15 is 0 Å². The second-order valence-corrected chi connectivity index (χ2v) is 6.53. The van der Waals surface area contributed by atoms with Crippen molar-refractivity contribution in [2.75, 3.05) is 0 Å². The van der Waals surface area contributed by atoms with Crippen LogP contribution in [0.4, 0.5) is 0 Å². The zero-order valence-corrected chi connectivity index (χ0v) is 15.3. The van der Waals surface area contributed by atoms with Crippen LogP contribution in [0.15, 0.2) is 36.2 Å². The first-order valence-corrected chi connectivity index (χ1v) is 9.06. The normalized spacial score (nSPS) is 27.3. The molecule has 0 aliphatic heterocycles. The molecule has 1 aliphatic carbocycles. The fourth-order valence-electron chi connectivity index (χ4n) is 2.58. The summed E-state index contributed by atoms with van der Waals surface area (Å²) in [5.41, 5.74) is 17.4. The molecule has 8 nitrogen and oxygen atoms in total. The van der Waals surface area contributed by atoms with Gasteiger partial charge in [0.05, 0.1) is 0 Å². The number of aliphatic hydroxyl groups is 3. The van der Waals surface area contributed by atoms with Gasteiger partial charge in [0.25, 0.3) is 11.9 Å². The summed E-state index contributed by atoms with van der Waals surface area (Å²) in [6, 6.07) is -0.405. The maximum absolute atomic E-state index is 9.82. The minimum absolute atomic E-state index is 0.0988. The highest BCUT2D eigenvalue weighted by atomic mass is 16.7. The molecule has 1 fully saturated rings. The Morgan fingerprint density at radius 1 is 1.19 bits per heavy atom. The van der Waals surface area contributed by atoms with Crippen molar-refractivity contribution in [2.45, 2.75) is 76.0 Å². The van der Waals surface area contributed by atoms with Crippen LogP contribution in [-0.4, -0.2) is 45.8 Å². The second-order valence-electron chi connectivity index (χ2n) is 6.53. The van der Waals surface area contributed by atoms with Crippen LogP contribution < -0.4 is 17.2 Å². The summed E-state index contributed by atoms with van der Waals surface area (Å²) >= 11 is 0. The monoisotopic (exact) mass is 371 g/mol. The number of aliphatic hydroxyl groups excluding tert-OH is 3. The number of hydrogen-bond donors (Lipinski definition) is 6. The van der Waals surface area contributed by atoms with Gasteiger partial charge < -0.3 is 42.0 Å². The first-order chi connectivity index (χ1) is 12.3. The van der Waals surface area contributed by atoms with Crippen LogP contribution in [-0.2, 0) is 9.47 Å². The molecule has 0 saturated heterocycles. The van der Waals surface area contributed by atoms with Crippen LogP contribution in [0.25, 0.3) is 0 Å². The summed E-state index contributed by atoms with van der Waals surface area (Å²) in [5.74, 6) is -0.564. The Morgan fingerprint density at radius 3 is 2.58 bits per heavy atom. The minimum atomic E-state index is -1.27. The molecule has 2 unspecified atom stereocenters. The van der Waals surface area contributed by atoms with Crippen molar-refractivity contribution in [3.8, 4) is 0 Å². The summed E-state index contributed by atoms with van der Waals surface area (Å²) in [5, 5.41) is 28.9. The fourth-order valence-corrected chi connectivity index (χ4v) is 2.58. The molecule has 0 aromatic heterocycles. The van der Waals surface area contributed by atoms with E-state index < -0.39 is 12.2 Å². The van der Waals surface area contributed by atoms with Gasteiger partial charge in [-0.3, -0.25) is 0 Å². The Bertz CT molecular complexity index is 495. The lowest BCUT2D eigenvalue weighted by Gasteiger charge is -2.31. The number of unbranched alkanes of at least 4 members (excludes halogenated alkanes) is 1. The Labute approximate surface area is 154 Å². The summed E-state index contributed by atoms with van der Waals surface area (Å²) in [4.78, 5) is 0. The van der Waals surface area contributed by atoms with Gasteiger partial charge in [-0.1, -0.05) is 13.0 Å². The van der Waals surface area contributed by atoms with Gasteiger partial charge >= 0.3 is 0 Å². The third-order valence-corrected chi connectivity index (χ3v) is 4.17. The standard InChI is InChI=1S/C18H33N3O5/c1-2-12(19)11-18(24)26-17(23)7-5-3-4-6-16(22)25-15-9-8-13(20)10-14(15)21/h5-7,11-15,17,22-24H,2-4,8-10,19-21H2,1H3/b7-5+,16-6+,18-11+/t12-,13+,14?,15+,17?/m1/s1. The van der Waals surface area contributed by atoms with Gasteiger partial charge in [0.1, 0.15) is 6.10 Å². The molecule has 0 bridgehead atoms. The third kappa shape index (κ3) is 9.10. The maximum atomic E-state index is 9.82. The van der Waals surface area contributed by atoms with E-state index in [1.165, 1.54) is 12.2 Å². The lowest BCUT2D eigenvalue weighted by molar-refractivity contribution is -0.0683. The van der Waals surface area contributed by atoms with Crippen LogP contribution in [0.1, 0.15) is 45.4 Å². The third-order valence-electron chi connectivity index (χ3n) is 4.17. The van der Waals surface area contributed by atoms with Crippen molar-refractivity contribution in [2.24, 2.45) is 17.2 Å². The number of hydrogen-bond acceptors (Lipinski definition) is 8. The van der Waals surface area contributed by atoms with Crippen molar-refractivity contribution >= 4 is 0 Å². The van der Waals surface area contributed by atoms with E-state index in [2.05, 4.69) is 0 Å². The summed E-state index contributed by atoms with van der Waals surface area (Å²) < 4.78 is 10.3. The number of nitrogens with two attached hydrogens (primary N) is 3. The zero-order valence-electron chi connectivity index (χ0n) is 15.3. The molecule has 0 aromatic rings. The Hall–Kier alpha value is -1.74. The molecule has 0 radical (unpaired) electrons. The van der Waals surface area contributed by atoms with Gasteiger partial charge in [0, 0.05) is 24.2 Å². The van der Waals surface area contributed by atoms with Gasteiger partial charge in [-0.25, -0.2) is 0 Å². The second kappa shape index (κ2) is 11.8. The first-order valence-electron chi connectivity index (χ1n) is 9.06. The molecule has 150 valence electrons. The quantitative estimate of drug-likeness (QED) is 0.146. The van der Waals surface area contributed by atoms with Crippen LogP contribution in [0.3, 0.4) is 0 Å². The molecule has 9 N–H and O–H groups in total. The van der Waals surface area contributed by atoms with E-state index in [9.17, 15) is 15.3 Å². The minimum Gasteiger partial charge on any atom is -0.481 e. The van der Waals surface area contributed by atoms with Crippen LogP contribution in [0.5, 0.6) is 0 Å². The summed E-state index contributed by atoms with van der Waals surface area (Å²) in [6.45, 7) is 1.87. The smallest absolute Gasteiger partial charge is 0.276 e. The molecule has 1 rings (SSSR count). The predicted octanol–water partition coefficient (Wildman–Crippen LogP) is 1.42. The molecule has 5 atom stereocenters. The van der Waals surface area contributed by atoms with E-state index in [4.69, 9.17) is 26.7 Å². The SMILES string of the molecule is CC[C@@H](N)/C=C(\O)OC(O)/C=C/CC/C=C(\O)O[C@H]1CC[C@H](N)CC1N. The molecule has 1 saturated carbocycles. The molecular weight excluding hydrogens is 338 g/mol. The summed E-state index contributed by atoms with van der Waals surface area (Å²) in [6.07, 6.45) is 8.41. The van der Waals surface area contributed by atoms with Crippen molar-refractivity contribution in [1.29, 1.82) is 0 Å². The van der Waals surface area contributed by atoms with Crippen molar-refractivity contribution in [1.82, 2.24) is 0 Å². The van der Waals surface area contributed by atoms with Crippen LogP contribution >= 0.6 is 0 Å². The van der Waals surface area contributed by atoms with Gasteiger partial charge in [-0.15, -0.1) is 0 Å². The molecule has 26 heavy (non-hydrogen) atoms. The number of allylic oxidation sites excluding steroid dienone is 2. The van der Waals surface area contributed by atoms with E-state index in [0.29, 0.717) is 25.7 Å². The first kappa shape index (κ1) is 22.3. The average molecular weight is 371 g/mol. The Balaban J connectivity index is 2.28. The summed E-state index contributed by atoms with van der Waals surface area (Å²) in [7, 11) is 0. The molecule has 8 heteroatoms. The molecule has 0 aromatic carbocycles. The van der Waals surface area contributed by atoms with Crippen molar-refractivity contribution in [3.05, 3.63) is 36.2 Å². The lowest BCUT2D eigenvalue weighted by atomic mass is 9.89. The topological polar surface area (TPSA) is 157 Å². The number of rotatable bonds is 10. The lowest BCUT2D eigenvalue weighted by Crippen LogP contribution is -2.46. The maximum Gasteiger partial charge on any atom is 0.276 e. The highest BCUT2D eigenvalue weighted by Gasteiger charge is 2.28. The van der Waals surface area contributed by atoms with Crippen molar-refractivity contribution < 1.29 is 24.8 Å². The molecule has 1 aliphatic rings. The molecule has 0 amide bonds. The largest absolute Gasteiger partial charge is 0.481 e. The van der Waals surface area contributed by atoms with E-state index in [1.54, 1.807) is 12.2 Å². The zero-order chi connectivity index (χ0) is 19.5. The van der Waals surface area contributed by atoms with Gasteiger partial charge in [-0.2, -0.15) is 0 Å². The average Bonchev–Trinajstić information content (AvgIpc) is 2.56. The van der Waals surface area contributed by atoms with Gasteiger partial charge in [0.2, 0.25) is 6.29 Å². The fraction of sp³-hybridized carbons (Fsp3) is 0.667. The molecule has 0 spiro atoms. The highest BCUT2D eigenvalue weighted by molar-refractivity contribution is 4.95. The molecular formula is C18H33N3O5. The number of ether oxygens (including phenoxy) is 2. The van der Waals surface area contributed by atoms with Gasteiger partial charge in [-0.05, 0) is 50.7 Å². The highest BCUT2D eigenvalue weighted by Crippen LogP contribution is 2.21.